The molecule has 1 amide bonds. The van der Waals surface area contributed by atoms with E-state index in [0.717, 1.165) is 11.4 Å². The first-order valence-electron chi connectivity index (χ1n) is 4.52. The number of nitrogens with one attached hydrogen (secondary N) is 2. The zero-order chi connectivity index (χ0) is 12.8. The molecule has 0 atom stereocenters. The first-order chi connectivity index (χ1) is 7.33. The zero-order valence-electron chi connectivity index (χ0n) is 9.19. The standard InChI is InChI=1S/C7H16N4O4S/c1-3-11(5-4-6(8)9)16(13,14)10-7(12)15-2/h3-5H2,1-2H3,(H3,8,9)(H,10,12). The first-order valence-corrected chi connectivity index (χ1v) is 5.96. The summed E-state index contributed by atoms with van der Waals surface area (Å²) in [5, 5.41) is 6.99. The Morgan fingerprint density at radius 2 is 2.12 bits per heavy atom. The average molecular weight is 252 g/mol. The van der Waals surface area contributed by atoms with E-state index in [1.54, 1.807) is 11.6 Å². The first kappa shape index (κ1) is 14.6. The molecule has 0 saturated heterocycles. The van der Waals surface area contributed by atoms with Crippen molar-refractivity contribution in [2.45, 2.75) is 13.3 Å². The van der Waals surface area contributed by atoms with Crippen molar-refractivity contribution in [2.24, 2.45) is 5.73 Å². The molecule has 0 fully saturated rings. The van der Waals surface area contributed by atoms with Gasteiger partial charge in [0.2, 0.25) is 0 Å². The molecule has 8 nitrogen and oxygen atoms in total. The van der Waals surface area contributed by atoms with Crippen LogP contribution in [0.15, 0.2) is 0 Å². The zero-order valence-corrected chi connectivity index (χ0v) is 10.0. The molecule has 16 heavy (non-hydrogen) atoms. The third kappa shape index (κ3) is 4.94. The van der Waals surface area contributed by atoms with Gasteiger partial charge in [0.25, 0.3) is 0 Å². The molecule has 0 heterocycles. The average Bonchev–Trinajstić information content (AvgIpc) is 2.16. The highest BCUT2D eigenvalue weighted by atomic mass is 32.2. The molecule has 0 spiro atoms. The maximum absolute atomic E-state index is 11.5. The van der Waals surface area contributed by atoms with E-state index in [4.69, 9.17) is 11.1 Å². The quantitative estimate of drug-likeness (QED) is 0.423. The Morgan fingerprint density at radius 1 is 1.56 bits per heavy atom. The maximum Gasteiger partial charge on any atom is 0.421 e. The molecule has 0 aliphatic heterocycles. The van der Waals surface area contributed by atoms with Crippen molar-refractivity contribution < 1.29 is 17.9 Å². The fourth-order valence-electron chi connectivity index (χ4n) is 0.905. The summed E-state index contributed by atoms with van der Waals surface area (Å²) in [5.74, 6) is -0.119. The van der Waals surface area contributed by atoms with Crippen LogP contribution in [0.1, 0.15) is 13.3 Å². The molecule has 0 bridgehead atoms. The SMILES string of the molecule is CCN(CCC(=N)N)S(=O)(=O)NC(=O)OC. The largest absolute Gasteiger partial charge is 0.452 e. The van der Waals surface area contributed by atoms with Gasteiger partial charge in [-0.15, -0.1) is 0 Å². The van der Waals surface area contributed by atoms with Crippen LogP contribution in [0.4, 0.5) is 4.79 Å². The van der Waals surface area contributed by atoms with E-state index in [0.29, 0.717) is 0 Å². The van der Waals surface area contributed by atoms with Crippen molar-refractivity contribution in [3.8, 4) is 0 Å². The number of methoxy groups -OCH3 is 1. The van der Waals surface area contributed by atoms with Gasteiger partial charge >= 0.3 is 16.3 Å². The van der Waals surface area contributed by atoms with Gasteiger partial charge in [0.15, 0.2) is 0 Å². The van der Waals surface area contributed by atoms with Crippen LogP contribution >= 0.6 is 0 Å². The summed E-state index contributed by atoms with van der Waals surface area (Å²) in [6.07, 6.45) is -0.947. The van der Waals surface area contributed by atoms with Crippen LogP contribution < -0.4 is 10.5 Å². The second-order valence-corrected chi connectivity index (χ2v) is 4.54. The third-order valence-electron chi connectivity index (χ3n) is 1.72. The van der Waals surface area contributed by atoms with Crippen LogP contribution in [-0.2, 0) is 14.9 Å². The summed E-state index contributed by atoms with van der Waals surface area (Å²) < 4.78 is 30.0. The highest BCUT2D eigenvalue weighted by molar-refractivity contribution is 7.87. The predicted octanol–water partition coefficient (Wildman–Crippen LogP) is -0.765. The minimum atomic E-state index is -3.92. The number of nitrogens with two attached hydrogens (primary N) is 1. The number of hydrogen-bond donors (Lipinski definition) is 3. The lowest BCUT2D eigenvalue weighted by molar-refractivity contribution is 0.177. The van der Waals surface area contributed by atoms with Gasteiger partial charge in [0.1, 0.15) is 0 Å². The smallest absolute Gasteiger partial charge is 0.421 e. The van der Waals surface area contributed by atoms with Crippen molar-refractivity contribution in [2.75, 3.05) is 20.2 Å². The van der Waals surface area contributed by atoms with Crippen LogP contribution in [0.5, 0.6) is 0 Å². The number of amides is 1. The lowest BCUT2D eigenvalue weighted by atomic mass is 10.4. The van der Waals surface area contributed by atoms with E-state index >= 15 is 0 Å². The van der Waals surface area contributed by atoms with Gasteiger partial charge in [-0.1, -0.05) is 6.92 Å². The Kier molecular flexibility index (Phi) is 5.75. The summed E-state index contributed by atoms with van der Waals surface area (Å²) in [7, 11) is -2.86. The molecule has 0 aliphatic rings. The van der Waals surface area contributed by atoms with E-state index in [2.05, 4.69) is 4.74 Å². The molecule has 0 saturated carbocycles. The van der Waals surface area contributed by atoms with Crippen LogP contribution in [0.2, 0.25) is 0 Å². The van der Waals surface area contributed by atoms with Crippen LogP contribution in [0.3, 0.4) is 0 Å². The molecular weight excluding hydrogens is 236 g/mol. The van der Waals surface area contributed by atoms with Gasteiger partial charge in [-0.3, -0.25) is 5.41 Å². The Hall–Kier alpha value is -1.35. The van der Waals surface area contributed by atoms with E-state index in [-0.39, 0.29) is 25.3 Å². The molecular formula is C7H16N4O4S. The number of rotatable bonds is 6. The van der Waals surface area contributed by atoms with Gasteiger partial charge < -0.3 is 10.5 Å². The summed E-state index contributed by atoms with van der Waals surface area (Å²) in [6.45, 7) is 1.81. The van der Waals surface area contributed by atoms with Crippen LogP contribution in [0.25, 0.3) is 0 Å². The van der Waals surface area contributed by atoms with Crippen LogP contribution in [0, 0.1) is 5.41 Å². The number of nitrogens with zero attached hydrogens (tertiary/aromatic N) is 1. The van der Waals surface area contributed by atoms with Crippen molar-refractivity contribution in [1.82, 2.24) is 9.03 Å². The van der Waals surface area contributed by atoms with E-state index < -0.39 is 16.3 Å². The molecule has 94 valence electrons. The second-order valence-electron chi connectivity index (χ2n) is 2.87. The molecule has 0 aromatic heterocycles. The Balaban J connectivity index is 4.55. The van der Waals surface area contributed by atoms with Gasteiger partial charge in [0, 0.05) is 19.5 Å². The van der Waals surface area contributed by atoms with Gasteiger partial charge in [-0.2, -0.15) is 12.7 Å². The fourth-order valence-corrected chi connectivity index (χ4v) is 2.00. The second kappa shape index (κ2) is 6.28. The Morgan fingerprint density at radius 3 is 2.50 bits per heavy atom. The Bertz CT molecular complexity index is 353. The molecule has 0 rings (SSSR count). The van der Waals surface area contributed by atoms with Gasteiger partial charge in [-0.25, -0.2) is 9.52 Å². The minimum Gasteiger partial charge on any atom is -0.452 e. The van der Waals surface area contributed by atoms with E-state index in [1.807, 2.05) is 0 Å². The summed E-state index contributed by atoms with van der Waals surface area (Å²) in [4.78, 5) is 10.8. The molecule has 9 heteroatoms. The number of amidine groups is 1. The van der Waals surface area contributed by atoms with Crippen molar-refractivity contribution in [1.29, 1.82) is 5.41 Å². The number of ether oxygens (including phenoxy) is 1. The summed E-state index contributed by atoms with van der Waals surface area (Å²) in [6, 6.07) is 0. The van der Waals surface area contributed by atoms with Crippen molar-refractivity contribution >= 4 is 22.1 Å². The molecule has 4 N–H and O–H groups in total. The molecule has 0 radical (unpaired) electrons. The summed E-state index contributed by atoms with van der Waals surface area (Å²) in [5.41, 5.74) is 5.12. The topological polar surface area (TPSA) is 126 Å². The molecule has 0 aromatic carbocycles. The Labute approximate surface area is 94.4 Å². The number of hydrogen-bond acceptors (Lipinski definition) is 5. The minimum absolute atomic E-state index is 0.0398. The monoisotopic (exact) mass is 252 g/mol. The lowest BCUT2D eigenvalue weighted by Gasteiger charge is -2.19. The summed E-state index contributed by atoms with van der Waals surface area (Å²) >= 11 is 0. The van der Waals surface area contributed by atoms with Crippen molar-refractivity contribution in [3.05, 3.63) is 0 Å². The fraction of sp³-hybridized carbons (Fsp3) is 0.714. The highest BCUT2D eigenvalue weighted by Crippen LogP contribution is 1.99. The van der Waals surface area contributed by atoms with Gasteiger partial charge in [-0.05, 0) is 0 Å². The van der Waals surface area contributed by atoms with E-state index in [1.165, 1.54) is 0 Å². The van der Waals surface area contributed by atoms with Crippen molar-refractivity contribution in [3.63, 3.8) is 0 Å². The maximum atomic E-state index is 11.5. The molecule has 0 aromatic rings. The van der Waals surface area contributed by atoms with E-state index in [9.17, 15) is 13.2 Å². The number of carbonyl (C=O) groups is 1. The highest BCUT2D eigenvalue weighted by Gasteiger charge is 2.22. The third-order valence-corrected chi connectivity index (χ3v) is 3.27. The molecule has 0 unspecified atom stereocenters. The van der Waals surface area contributed by atoms with Crippen LogP contribution in [-0.4, -0.2) is 44.9 Å². The normalized spacial score (nSPS) is 11.2. The predicted molar refractivity (Wildman–Crippen MR) is 58.2 cm³/mol. The number of carbonyl (C=O) groups excluding carboxylic acids is 1. The van der Waals surface area contributed by atoms with Gasteiger partial charge in [0.05, 0.1) is 12.9 Å². The lowest BCUT2D eigenvalue weighted by Crippen LogP contribution is -2.44. The molecule has 0 aliphatic carbocycles.